The average Bonchev–Trinajstić information content (AvgIpc) is 2.64. The maximum Gasteiger partial charge on any atom is 0.317 e. The van der Waals surface area contributed by atoms with Gasteiger partial charge in [0.1, 0.15) is 18.3 Å². The average molecular weight is 204 g/mol. The zero-order valence-corrected chi connectivity index (χ0v) is 7.30. The third-order valence-electron chi connectivity index (χ3n) is 2.56. The molecule has 0 aliphatic carbocycles. The molecule has 0 radical (unpaired) electrons. The largest absolute Gasteiger partial charge is 0.394 e. The normalized spacial score (nSPS) is 46.8. The van der Waals surface area contributed by atoms with Crippen molar-refractivity contribution in [2.24, 2.45) is 0 Å². The van der Waals surface area contributed by atoms with Gasteiger partial charge in [-0.1, -0.05) is 0 Å². The van der Waals surface area contributed by atoms with Gasteiger partial charge in [0.15, 0.2) is 5.72 Å². The van der Waals surface area contributed by atoms with Crippen molar-refractivity contribution >= 4 is 6.03 Å². The molecular formula is C7H12N2O5. The van der Waals surface area contributed by atoms with Gasteiger partial charge in [-0.3, -0.25) is 0 Å². The highest BCUT2D eigenvalue weighted by Crippen LogP contribution is 2.30. The fraction of sp³-hybridized carbons (Fsp3) is 0.857. The van der Waals surface area contributed by atoms with Crippen molar-refractivity contribution < 1.29 is 24.9 Å². The van der Waals surface area contributed by atoms with Gasteiger partial charge in [0.2, 0.25) is 0 Å². The van der Waals surface area contributed by atoms with Gasteiger partial charge in [0.05, 0.1) is 13.2 Å². The van der Waals surface area contributed by atoms with Crippen molar-refractivity contribution in [3.63, 3.8) is 0 Å². The van der Waals surface area contributed by atoms with Crippen molar-refractivity contribution in [1.29, 1.82) is 0 Å². The quantitative estimate of drug-likeness (QED) is 0.315. The highest BCUT2D eigenvalue weighted by Gasteiger charge is 2.57. The van der Waals surface area contributed by atoms with Crippen LogP contribution >= 0.6 is 0 Å². The lowest BCUT2D eigenvalue weighted by Gasteiger charge is -2.25. The maximum atomic E-state index is 10.9. The van der Waals surface area contributed by atoms with Crippen LogP contribution in [0.3, 0.4) is 0 Å². The van der Waals surface area contributed by atoms with Gasteiger partial charge < -0.3 is 30.7 Å². The Morgan fingerprint density at radius 1 is 1.57 bits per heavy atom. The minimum atomic E-state index is -1.30. The van der Waals surface area contributed by atoms with Crippen molar-refractivity contribution in [2.45, 2.75) is 24.0 Å². The number of hydrogen-bond donors (Lipinski definition) is 5. The van der Waals surface area contributed by atoms with E-state index in [1.807, 2.05) is 0 Å². The van der Waals surface area contributed by atoms with E-state index in [2.05, 4.69) is 10.6 Å². The summed E-state index contributed by atoms with van der Waals surface area (Å²) in [6.07, 6.45) is -3.30. The molecule has 0 aromatic carbocycles. The number of carbonyl (C=O) groups excluding carboxylic acids is 1. The molecule has 7 nitrogen and oxygen atoms in total. The molecule has 2 aliphatic rings. The number of urea groups is 1. The molecule has 4 atom stereocenters. The van der Waals surface area contributed by atoms with Gasteiger partial charge in [0.25, 0.3) is 0 Å². The van der Waals surface area contributed by atoms with Gasteiger partial charge in [-0.25, -0.2) is 4.79 Å². The van der Waals surface area contributed by atoms with E-state index in [0.717, 1.165) is 0 Å². The van der Waals surface area contributed by atoms with E-state index < -0.39 is 36.7 Å². The molecule has 2 rings (SSSR count). The molecule has 2 aliphatic heterocycles. The van der Waals surface area contributed by atoms with Crippen LogP contribution in [0.5, 0.6) is 0 Å². The van der Waals surface area contributed by atoms with E-state index in [4.69, 9.17) is 9.84 Å². The first kappa shape index (κ1) is 9.66. The lowest BCUT2D eigenvalue weighted by Crippen LogP contribution is -2.53. The van der Waals surface area contributed by atoms with Gasteiger partial charge in [0, 0.05) is 0 Å². The molecule has 0 saturated carbocycles. The number of carbonyl (C=O) groups is 1. The van der Waals surface area contributed by atoms with Crippen LogP contribution in [0.2, 0.25) is 0 Å². The molecule has 2 amide bonds. The summed E-state index contributed by atoms with van der Waals surface area (Å²) in [5.41, 5.74) is -1.30. The summed E-state index contributed by atoms with van der Waals surface area (Å²) in [5.74, 6) is 0. The first-order chi connectivity index (χ1) is 6.59. The van der Waals surface area contributed by atoms with Gasteiger partial charge in [-0.2, -0.15) is 0 Å². The Hall–Kier alpha value is -0.890. The lowest BCUT2D eigenvalue weighted by molar-refractivity contribution is -0.0910. The second-order valence-corrected chi connectivity index (χ2v) is 3.47. The molecule has 14 heavy (non-hydrogen) atoms. The number of amides is 2. The molecule has 0 aromatic rings. The van der Waals surface area contributed by atoms with Gasteiger partial charge in [-0.15, -0.1) is 0 Å². The molecule has 7 heteroatoms. The second kappa shape index (κ2) is 3.06. The van der Waals surface area contributed by atoms with E-state index in [1.165, 1.54) is 0 Å². The SMILES string of the molecule is O=C1NCC2(N1)OC(CO)C(O)C2O. The minimum Gasteiger partial charge on any atom is -0.394 e. The van der Waals surface area contributed by atoms with E-state index >= 15 is 0 Å². The van der Waals surface area contributed by atoms with Crippen molar-refractivity contribution in [1.82, 2.24) is 10.6 Å². The Balaban J connectivity index is 2.18. The summed E-state index contributed by atoms with van der Waals surface area (Å²) < 4.78 is 5.21. The molecule has 2 saturated heterocycles. The summed E-state index contributed by atoms with van der Waals surface area (Å²) >= 11 is 0. The number of nitrogens with one attached hydrogen (secondary N) is 2. The first-order valence-corrected chi connectivity index (χ1v) is 4.30. The molecule has 4 unspecified atom stereocenters. The summed E-state index contributed by atoms with van der Waals surface area (Å²) in [4.78, 5) is 10.9. The minimum absolute atomic E-state index is 0.0700. The smallest absolute Gasteiger partial charge is 0.317 e. The predicted octanol–water partition coefficient (Wildman–Crippen LogP) is -2.89. The number of aliphatic hydroxyl groups excluding tert-OH is 3. The summed E-state index contributed by atoms with van der Waals surface area (Å²) in [6, 6.07) is -0.463. The van der Waals surface area contributed by atoms with Crippen LogP contribution in [0.1, 0.15) is 0 Å². The number of rotatable bonds is 1. The van der Waals surface area contributed by atoms with Crippen LogP contribution in [0.15, 0.2) is 0 Å². The fourth-order valence-corrected chi connectivity index (χ4v) is 1.78. The van der Waals surface area contributed by atoms with E-state index in [9.17, 15) is 15.0 Å². The van der Waals surface area contributed by atoms with Crippen LogP contribution in [0, 0.1) is 0 Å². The Kier molecular flexibility index (Phi) is 2.11. The Labute approximate surface area is 79.7 Å². The number of hydrogen-bond acceptors (Lipinski definition) is 5. The summed E-state index contributed by atoms with van der Waals surface area (Å²) in [6.45, 7) is -0.337. The maximum absolute atomic E-state index is 10.9. The van der Waals surface area contributed by atoms with Crippen molar-refractivity contribution in [2.75, 3.05) is 13.2 Å². The van der Waals surface area contributed by atoms with Crippen LogP contribution in [0.4, 0.5) is 4.79 Å². The number of ether oxygens (including phenoxy) is 1. The molecular weight excluding hydrogens is 192 g/mol. The van der Waals surface area contributed by atoms with Crippen molar-refractivity contribution in [3.05, 3.63) is 0 Å². The topological polar surface area (TPSA) is 111 Å². The first-order valence-electron chi connectivity index (χ1n) is 4.30. The van der Waals surface area contributed by atoms with Crippen LogP contribution < -0.4 is 10.6 Å². The lowest BCUT2D eigenvalue weighted by atomic mass is 10.0. The van der Waals surface area contributed by atoms with E-state index in [1.54, 1.807) is 0 Å². The second-order valence-electron chi connectivity index (χ2n) is 3.47. The van der Waals surface area contributed by atoms with E-state index in [0.29, 0.717) is 0 Å². The van der Waals surface area contributed by atoms with Crippen molar-refractivity contribution in [3.8, 4) is 0 Å². The standard InChI is InChI=1S/C7H12N2O5/c10-1-3-4(11)5(12)7(14-3)2-8-6(13)9-7/h3-5,10-12H,1-2H2,(H2,8,9,13). The predicted molar refractivity (Wildman–Crippen MR) is 43.2 cm³/mol. The molecule has 2 heterocycles. The van der Waals surface area contributed by atoms with E-state index in [-0.39, 0.29) is 6.54 Å². The third-order valence-corrected chi connectivity index (χ3v) is 2.56. The highest BCUT2D eigenvalue weighted by atomic mass is 16.6. The Morgan fingerprint density at radius 3 is 2.71 bits per heavy atom. The zero-order valence-electron chi connectivity index (χ0n) is 7.30. The van der Waals surface area contributed by atoms with Crippen LogP contribution in [0.25, 0.3) is 0 Å². The van der Waals surface area contributed by atoms with Crippen LogP contribution in [-0.4, -0.2) is 58.5 Å². The Bertz CT molecular complexity index is 260. The fourth-order valence-electron chi connectivity index (χ4n) is 1.78. The highest BCUT2D eigenvalue weighted by molar-refractivity contribution is 5.77. The molecule has 1 spiro atoms. The monoisotopic (exact) mass is 204 g/mol. The number of aliphatic hydroxyl groups is 3. The third kappa shape index (κ3) is 1.17. The van der Waals surface area contributed by atoms with Gasteiger partial charge >= 0.3 is 6.03 Å². The summed E-state index contributed by atoms with van der Waals surface area (Å²) in [7, 11) is 0. The molecule has 0 aromatic heterocycles. The zero-order chi connectivity index (χ0) is 10.3. The molecule has 5 N–H and O–H groups in total. The molecule has 0 bridgehead atoms. The van der Waals surface area contributed by atoms with Crippen LogP contribution in [-0.2, 0) is 4.74 Å². The summed E-state index contributed by atoms with van der Waals surface area (Å²) in [5, 5.41) is 32.7. The Morgan fingerprint density at radius 2 is 2.29 bits per heavy atom. The molecule has 2 fully saturated rings. The molecule has 80 valence electrons. The van der Waals surface area contributed by atoms with Gasteiger partial charge in [-0.05, 0) is 0 Å².